The molecule has 0 radical (unpaired) electrons. The highest BCUT2D eigenvalue weighted by molar-refractivity contribution is 6.13. The van der Waals surface area contributed by atoms with Gasteiger partial charge in [-0.05, 0) is 54.8 Å². The largest absolute Gasteiger partial charge is 0.329 e. The van der Waals surface area contributed by atoms with Crippen molar-refractivity contribution >= 4 is 18.0 Å². The van der Waals surface area contributed by atoms with Crippen LogP contribution in [0.25, 0.3) is 11.8 Å². The number of H-pyrrole nitrogens is 1. The van der Waals surface area contributed by atoms with E-state index in [-0.39, 0.29) is 29.2 Å². The van der Waals surface area contributed by atoms with Crippen LogP contribution in [-0.2, 0) is 17.8 Å². The lowest BCUT2D eigenvalue weighted by atomic mass is 10.1. The summed E-state index contributed by atoms with van der Waals surface area (Å²) < 4.78 is 14.9. The molecule has 0 spiro atoms. The highest BCUT2D eigenvalue weighted by Gasteiger charge is 2.34. The number of amides is 3. The van der Waals surface area contributed by atoms with Gasteiger partial charge in [0.15, 0.2) is 0 Å². The minimum Gasteiger partial charge on any atom is -0.303 e. The monoisotopic (exact) mass is 496 g/mol. The fourth-order valence-corrected chi connectivity index (χ4v) is 4.31. The second-order valence-corrected chi connectivity index (χ2v) is 9.10. The fraction of sp³-hybridized carbons (Fsp3) is 0.138. The molecular weight excluding hydrogens is 471 g/mol. The summed E-state index contributed by atoms with van der Waals surface area (Å²) in [5, 5.41) is 5.76. The van der Waals surface area contributed by atoms with Crippen LogP contribution in [0.2, 0.25) is 0 Å². The van der Waals surface area contributed by atoms with Gasteiger partial charge in [0.25, 0.3) is 11.5 Å². The molecule has 186 valence electrons. The lowest BCUT2D eigenvalue weighted by Gasteiger charge is -2.11. The summed E-state index contributed by atoms with van der Waals surface area (Å²) in [6, 6.07) is 20.4. The molecule has 0 atom stereocenters. The summed E-state index contributed by atoms with van der Waals surface area (Å²) in [4.78, 5) is 40.5. The predicted molar refractivity (Wildman–Crippen MR) is 139 cm³/mol. The smallest absolute Gasteiger partial charge is 0.303 e. The molecule has 2 N–H and O–H groups in total. The number of urea groups is 1. The van der Waals surface area contributed by atoms with Gasteiger partial charge in [0.05, 0.1) is 17.8 Å². The maximum absolute atomic E-state index is 13.6. The first-order chi connectivity index (χ1) is 17.8. The standard InChI is InChI=1S/C29H25FN4O3/c1-18-7-9-21(10-8-18)17-33-28(36)25(31-29(33)37)16-23-24(15-20-11-13-22(30)14-12-20)32-34(27(23)35)26-6-4-3-5-19(26)2/h3-14,16,32H,15,17H2,1-2H3,(H,31,37)/b25-16-. The third kappa shape index (κ3) is 4.86. The summed E-state index contributed by atoms with van der Waals surface area (Å²) in [6.07, 6.45) is 1.71. The van der Waals surface area contributed by atoms with E-state index in [2.05, 4.69) is 10.4 Å². The number of rotatable bonds is 6. The normalized spacial score (nSPS) is 14.5. The molecule has 0 bridgehead atoms. The van der Waals surface area contributed by atoms with Crippen molar-refractivity contribution in [2.45, 2.75) is 26.8 Å². The van der Waals surface area contributed by atoms with E-state index in [1.165, 1.54) is 22.9 Å². The minimum absolute atomic E-state index is 0.0190. The van der Waals surface area contributed by atoms with E-state index >= 15 is 0 Å². The van der Waals surface area contributed by atoms with E-state index in [4.69, 9.17) is 0 Å². The highest BCUT2D eigenvalue weighted by atomic mass is 19.1. The first kappa shape index (κ1) is 24.0. The Morgan fingerprint density at radius 2 is 1.54 bits per heavy atom. The molecule has 1 aliphatic heterocycles. The van der Waals surface area contributed by atoms with Crippen LogP contribution in [0, 0.1) is 19.7 Å². The molecule has 3 amide bonds. The maximum Gasteiger partial charge on any atom is 0.329 e. The molecule has 7 nitrogen and oxygen atoms in total. The van der Waals surface area contributed by atoms with Crippen LogP contribution in [0.4, 0.5) is 9.18 Å². The molecule has 1 saturated heterocycles. The lowest BCUT2D eigenvalue weighted by Crippen LogP contribution is -2.30. The Hall–Kier alpha value is -4.72. The quantitative estimate of drug-likeness (QED) is 0.302. The molecule has 1 aromatic heterocycles. The van der Waals surface area contributed by atoms with Gasteiger partial charge >= 0.3 is 6.03 Å². The first-order valence-corrected chi connectivity index (χ1v) is 11.8. The van der Waals surface area contributed by atoms with Crippen LogP contribution in [-0.4, -0.2) is 26.6 Å². The second-order valence-electron chi connectivity index (χ2n) is 9.10. The molecule has 2 heterocycles. The van der Waals surface area contributed by atoms with Gasteiger partial charge in [-0.3, -0.25) is 19.6 Å². The van der Waals surface area contributed by atoms with Crippen molar-refractivity contribution in [3.8, 4) is 5.69 Å². The Morgan fingerprint density at radius 3 is 2.24 bits per heavy atom. The van der Waals surface area contributed by atoms with Crippen molar-refractivity contribution in [1.29, 1.82) is 0 Å². The maximum atomic E-state index is 13.6. The van der Waals surface area contributed by atoms with Crippen LogP contribution >= 0.6 is 0 Å². The number of benzene rings is 3. The van der Waals surface area contributed by atoms with E-state index in [1.807, 2.05) is 62.4 Å². The van der Waals surface area contributed by atoms with Crippen molar-refractivity contribution in [3.63, 3.8) is 0 Å². The Kier molecular flexibility index (Phi) is 6.31. The number of aryl methyl sites for hydroxylation is 2. The Bertz CT molecular complexity index is 1580. The van der Waals surface area contributed by atoms with Crippen LogP contribution in [0.5, 0.6) is 0 Å². The molecule has 3 aromatic carbocycles. The summed E-state index contributed by atoms with van der Waals surface area (Å²) in [5.41, 5.74) is 4.65. The van der Waals surface area contributed by atoms with Crippen LogP contribution in [0.15, 0.2) is 83.3 Å². The predicted octanol–water partition coefficient (Wildman–Crippen LogP) is 4.61. The van der Waals surface area contributed by atoms with Gasteiger partial charge in [-0.1, -0.05) is 60.2 Å². The first-order valence-electron chi connectivity index (χ1n) is 11.8. The number of aromatic nitrogens is 2. The van der Waals surface area contributed by atoms with Gasteiger partial charge in [-0.25, -0.2) is 13.9 Å². The zero-order chi connectivity index (χ0) is 26.1. The SMILES string of the molecule is Cc1ccc(CN2C(=O)N/C(=C\c3c(Cc4ccc(F)cc4)[nH]n(-c4ccccc4C)c3=O)C2=O)cc1. The molecule has 8 heteroatoms. The number of nitrogens with zero attached hydrogens (tertiary/aromatic N) is 2. The number of imide groups is 1. The topological polar surface area (TPSA) is 87.2 Å². The van der Waals surface area contributed by atoms with E-state index in [0.29, 0.717) is 17.8 Å². The fourth-order valence-electron chi connectivity index (χ4n) is 4.31. The zero-order valence-electron chi connectivity index (χ0n) is 20.4. The number of halogens is 1. The lowest BCUT2D eigenvalue weighted by molar-refractivity contribution is -0.123. The molecule has 0 aliphatic carbocycles. The average Bonchev–Trinajstić information content (AvgIpc) is 3.32. The molecule has 0 saturated carbocycles. The van der Waals surface area contributed by atoms with Crippen molar-refractivity contribution in [2.24, 2.45) is 0 Å². The molecule has 1 aliphatic rings. The number of aromatic amines is 1. The number of carbonyl (C=O) groups excluding carboxylic acids is 2. The van der Waals surface area contributed by atoms with Crippen molar-refractivity contribution < 1.29 is 14.0 Å². The number of carbonyl (C=O) groups is 2. The van der Waals surface area contributed by atoms with Crippen molar-refractivity contribution in [1.82, 2.24) is 20.0 Å². The summed E-state index contributed by atoms with van der Waals surface area (Å²) in [5.74, 6) is -0.869. The molecule has 1 fully saturated rings. The van der Waals surface area contributed by atoms with E-state index < -0.39 is 11.9 Å². The minimum atomic E-state index is -0.549. The zero-order valence-corrected chi connectivity index (χ0v) is 20.4. The van der Waals surface area contributed by atoms with Gasteiger partial charge in [-0.15, -0.1) is 0 Å². The Labute approximate surface area is 212 Å². The third-order valence-corrected chi connectivity index (χ3v) is 6.37. The summed E-state index contributed by atoms with van der Waals surface area (Å²) in [6.45, 7) is 3.97. The average molecular weight is 497 g/mol. The number of hydrogen-bond acceptors (Lipinski definition) is 3. The van der Waals surface area contributed by atoms with Gasteiger partial charge in [0.2, 0.25) is 0 Å². The van der Waals surface area contributed by atoms with Crippen LogP contribution in [0.3, 0.4) is 0 Å². The Morgan fingerprint density at radius 1 is 0.865 bits per heavy atom. The Balaban J connectivity index is 1.54. The molecular formula is C29H25FN4O3. The van der Waals surface area contributed by atoms with Crippen LogP contribution < -0.4 is 10.9 Å². The summed E-state index contributed by atoms with van der Waals surface area (Å²) in [7, 11) is 0. The third-order valence-electron chi connectivity index (χ3n) is 6.37. The van der Waals surface area contributed by atoms with E-state index in [9.17, 15) is 18.8 Å². The van der Waals surface area contributed by atoms with Gasteiger partial charge < -0.3 is 5.32 Å². The molecule has 4 aromatic rings. The van der Waals surface area contributed by atoms with Gasteiger partial charge in [0, 0.05) is 12.1 Å². The molecule has 37 heavy (non-hydrogen) atoms. The molecule has 0 unspecified atom stereocenters. The number of hydrogen-bond donors (Lipinski definition) is 2. The van der Waals surface area contributed by atoms with E-state index in [1.54, 1.807) is 12.1 Å². The number of para-hydroxylation sites is 1. The van der Waals surface area contributed by atoms with Crippen molar-refractivity contribution in [2.75, 3.05) is 0 Å². The summed E-state index contributed by atoms with van der Waals surface area (Å²) >= 11 is 0. The van der Waals surface area contributed by atoms with Crippen molar-refractivity contribution in [3.05, 3.63) is 128 Å². The van der Waals surface area contributed by atoms with Gasteiger partial charge in [0.1, 0.15) is 11.5 Å². The van der Waals surface area contributed by atoms with E-state index in [0.717, 1.165) is 27.2 Å². The van der Waals surface area contributed by atoms with Crippen LogP contribution in [0.1, 0.15) is 33.5 Å². The second kappa shape index (κ2) is 9.73. The molecule has 5 rings (SSSR count). The highest BCUT2D eigenvalue weighted by Crippen LogP contribution is 2.20. The van der Waals surface area contributed by atoms with Gasteiger partial charge in [-0.2, -0.15) is 0 Å². The number of nitrogens with one attached hydrogen (secondary N) is 2.